The molecule has 1 unspecified atom stereocenters. The highest BCUT2D eigenvalue weighted by Gasteiger charge is 1.90. The lowest BCUT2D eigenvalue weighted by Gasteiger charge is -1.92. The molecule has 0 rings (SSSR count). The van der Waals surface area contributed by atoms with Gasteiger partial charge < -0.3 is 0 Å². The van der Waals surface area contributed by atoms with Crippen LogP contribution in [0.2, 0.25) is 0 Å². The van der Waals surface area contributed by atoms with Crippen LogP contribution in [0, 0.1) is 12.3 Å². The van der Waals surface area contributed by atoms with E-state index in [-0.39, 0.29) is 6.04 Å². The first-order valence-corrected chi connectivity index (χ1v) is 2.72. The van der Waals surface area contributed by atoms with Gasteiger partial charge in [0.05, 0.1) is 11.2 Å². The van der Waals surface area contributed by atoms with E-state index < -0.39 is 0 Å². The monoisotopic (exact) mass is 125 g/mol. The average molecular weight is 125 g/mol. The normalized spacial score (nSPS) is 11.0. The molecule has 0 aliphatic rings. The van der Waals surface area contributed by atoms with Gasteiger partial charge in [-0.2, -0.15) is 0 Å². The van der Waals surface area contributed by atoms with Crippen molar-refractivity contribution in [2.24, 2.45) is 4.99 Å². The van der Waals surface area contributed by atoms with Crippen LogP contribution >= 0.6 is 12.2 Å². The second-order valence-electron chi connectivity index (χ2n) is 1.48. The maximum absolute atomic E-state index is 4.99. The molecule has 42 valence electrons. The first kappa shape index (κ1) is 7.36. The Morgan fingerprint density at radius 1 is 1.88 bits per heavy atom. The third-order valence-corrected chi connectivity index (χ3v) is 0.792. The van der Waals surface area contributed by atoms with Crippen molar-refractivity contribution < 1.29 is 0 Å². The molecule has 0 aromatic rings. The van der Waals surface area contributed by atoms with Crippen LogP contribution in [0.5, 0.6) is 0 Å². The smallest absolute Gasteiger partial charge is 0.0683 e. The number of hydrogen-bond donors (Lipinski definition) is 0. The van der Waals surface area contributed by atoms with E-state index in [4.69, 9.17) is 6.42 Å². The van der Waals surface area contributed by atoms with Gasteiger partial charge in [-0.1, -0.05) is 0 Å². The Bertz CT molecular complexity index is 139. The predicted molar refractivity (Wildman–Crippen MR) is 37.9 cm³/mol. The molecule has 0 aliphatic heterocycles. The number of nitrogens with zero attached hydrogens (tertiary/aromatic N) is 1. The molecule has 1 atom stereocenters. The van der Waals surface area contributed by atoms with E-state index in [0.717, 1.165) is 0 Å². The molecule has 1 nitrogen and oxygen atoms in total. The van der Waals surface area contributed by atoms with E-state index in [1.54, 1.807) is 0 Å². The van der Waals surface area contributed by atoms with Crippen molar-refractivity contribution in [1.82, 2.24) is 0 Å². The van der Waals surface area contributed by atoms with Crippen LogP contribution in [0.3, 0.4) is 0 Å². The van der Waals surface area contributed by atoms with Crippen LogP contribution < -0.4 is 0 Å². The van der Waals surface area contributed by atoms with Crippen LogP contribution in [-0.2, 0) is 0 Å². The van der Waals surface area contributed by atoms with Crippen molar-refractivity contribution in [2.75, 3.05) is 0 Å². The summed E-state index contributed by atoms with van der Waals surface area (Å²) in [6, 6.07) is 0.137. The molecule has 0 bridgehead atoms. The molecule has 0 spiro atoms. The highest BCUT2D eigenvalue weighted by atomic mass is 32.1. The molecule has 0 N–H and O–H groups in total. The second-order valence-corrected chi connectivity index (χ2v) is 1.66. The zero-order valence-electron chi connectivity index (χ0n) is 4.72. The SMILES string of the molecule is C#CCC(C)N=C=S. The molecule has 0 radical (unpaired) electrons. The maximum atomic E-state index is 4.99. The van der Waals surface area contributed by atoms with Crippen molar-refractivity contribution in [3.63, 3.8) is 0 Å². The molecule has 0 aromatic carbocycles. The van der Waals surface area contributed by atoms with E-state index in [9.17, 15) is 0 Å². The van der Waals surface area contributed by atoms with Gasteiger partial charge in [-0.15, -0.1) is 12.3 Å². The van der Waals surface area contributed by atoms with Crippen LogP contribution in [0.4, 0.5) is 0 Å². The molecule has 0 amide bonds. The zero-order valence-corrected chi connectivity index (χ0v) is 5.53. The van der Waals surface area contributed by atoms with Crippen molar-refractivity contribution in [3.05, 3.63) is 0 Å². The molecule has 0 aliphatic carbocycles. The fraction of sp³-hybridized carbons (Fsp3) is 0.500. The summed E-state index contributed by atoms with van der Waals surface area (Å²) in [7, 11) is 0. The second kappa shape index (κ2) is 4.52. The van der Waals surface area contributed by atoms with Gasteiger partial charge in [-0.3, -0.25) is 0 Å². The van der Waals surface area contributed by atoms with Crippen LogP contribution in [0.25, 0.3) is 0 Å². The molecule has 0 saturated heterocycles. The minimum absolute atomic E-state index is 0.137. The summed E-state index contributed by atoms with van der Waals surface area (Å²) in [5.74, 6) is 2.47. The summed E-state index contributed by atoms with van der Waals surface area (Å²) < 4.78 is 0. The Kier molecular flexibility index (Phi) is 4.16. The maximum Gasteiger partial charge on any atom is 0.0683 e. The topological polar surface area (TPSA) is 12.4 Å². The summed E-state index contributed by atoms with van der Waals surface area (Å²) in [4.78, 5) is 3.74. The van der Waals surface area contributed by atoms with E-state index in [1.807, 2.05) is 6.92 Å². The lowest BCUT2D eigenvalue weighted by atomic mass is 10.3. The number of aliphatic imine (C=N–C) groups is 1. The molecule has 0 saturated carbocycles. The number of hydrogen-bond acceptors (Lipinski definition) is 2. The standard InChI is InChI=1S/C6H7NS/c1-3-4-6(2)7-5-8/h1,6H,4H2,2H3. The molecule has 8 heavy (non-hydrogen) atoms. The molecular formula is C6H7NS. The van der Waals surface area contributed by atoms with Gasteiger partial charge >= 0.3 is 0 Å². The Balaban J connectivity index is 3.51. The van der Waals surface area contributed by atoms with Gasteiger partial charge in [-0.05, 0) is 19.1 Å². The fourth-order valence-electron chi connectivity index (χ4n) is 0.306. The highest BCUT2D eigenvalue weighted by Crippen LogP contribution is 1.91. The summed E-state index contributed by atoms with van der Waals surface area (Å²) in [6.07, 6.45) is 5.63. The Labute approximate surface area is 54.8 Å². The van der Waals surface area contributed by atoms with Gasteiger partial charge in [0.15, 0.2) is 0 Å². The van der Waals surface area contributed by atoms with Gasteiger partial charge in [0, 0.05) is 6.42 Å². The summed E-state index contributed by atoms with van der Waals surface area (Å²) >= 11 is 4.36. The third-order valence-electron chi connectivity index (χ3n) is 0.686. The Hall–Kier alpha value is -0.640. The minimum atomic E-state index is 0.137. The zero-order chi connectivity index (χ0) is 6.41. The quantitative estimate of drug-likeness (QED) is 0.309. The van der Waals surface area contributed by atoms with Crippen LogP contribution in [0.15, 0.2) is 4.99 Å². The van der Waals surface area contributed by atoms with Crippen LogP contribution in [0.1, 0.15) is 13.3 Å². The van der Waals surface area contributed by atoms with E-state index in [1.165, 1.54) is 0 Å². The lowest BCUT2D eigenvalue weighted by molar-refractivity contribution is 0.780. The summed E-state index contributed by atoms with van der Waals surface area (Å²) in [6.45, 7) is 1.90. The van der Waals surface area contributed by atoms with Gasteiger partial charge in [-0.25, -0.2) is 4.99 Å². The molecular weight excluding hydrogens is 118 g/mol. The number of thiocarbonyl (C=S) groups is 1. The first-order chi connectivity index (χ1) is 3.81. The van der Waals surface area contributed by atoms with Crippen molar-refractivity contribution >= 4 is 17.4 Å². The van der Waals surface area contributed by atoms with E-state index in [2.05, 4.69) is 28.3 Å². The molecule has 2 heteroatoms. The lowest BCUT2D eigenvalue weighted by Crippen LogP contribution is -1.92. The Morgan fingerprint density at radius 3 is 2.88 bits per heavy atom. The van der Waals surface area contributed by atoms with Crippen molar-refractivity contribution in [1.29, 1.82) is 0 Å². The predicted octanol–water partition coefficient (Wildman–Crippen LogP) is 1.50. The summed E-state index contributed by atoms with van der Waals surface area (Å²) in [5, 5.41) is 2.27. The molecule has 0 fully saturated rings. The fourth-order valence-corrected chi connectivity index (χ4v) is 0.486. The number of rotatable bonds is 2. The van der Waals surface area contributed by atoms with Gasteiger partial charge in [0.1, 0.15) is 0 Å². The first-order valence-electron chi connectivity index (χ1n) is 2.31. The largest absolute Gasteiger partial charge is 0.228 e. The number of terminal acetylenes is 1. The molecule has 0 aromatic heterocycles. The van der Waals surface area contributed by atoms with E-state index in [0.29, 0.717) is 6.42 Å². The minimum Gasteiger partial charge on any atom is -0.228 e. The van der Waals surface area contributed by atoms with Crippen molar-refractivity contribution in [2.45, 2.75) is 19.4 Å². The van der Waals surface area contributed by atoms with Gasteiger partial charge in [0.2, 0.25) is 0 Å². The highest BCUT2D eigenvalue weighted by molar-refractivity contribution is 7.78. The van der Waals surface area contributed by atoms with E-state index >= 15 is 0 Å². The third kappa shape index (κ3) is 3.55. The van der Waals surface area contributed by atoms with Gasteiger partial charge in [0.25, 0.3) is 0 Å². The van der Waals surface area contributed by atoms with Crippen LogP contribution in [-0.4, -0.2) is 11.2 Å². The molecule has 0 heterocycles. The number of isothiocyanates is 1. The van der Waals surface area contributed by atoms with Crippen molar-refractivity contribution in [3.8, 4) is 12.3 Å². The summed E-state index contributed by atoms with van der Waals surface area (Å²) in [5.41, 5.74) is 0. The average Bonchev–Trinajstić information content (AvgIpc) is 1.68. The Morgan fingerprint density at radius 2 is 2.50 bits per heavy atom.